The topological polar surface area (TPSA) is 279 Å². The molecule has 3 unspecified atom stereocenters. The van der Waals surface area contributed by atoms with Crippen molar-refractivity contribution in [2.24, 2.45) is 52.4 Å². The molecular formula is C51H82N16O5. The fourth-order valence-electron chi connectivity index (χ4n) is 8.57. The van der Waals surface area contributed by atoms with Crippen LogP contribution in [0, 0.1) is 0 Å². The Morgan fingerprint density at radius 3 is 1.38 bits per heavy atom. The molecular weight excluding hydrogens is 917 g/mol. The van der Waals surface area contributed by atoms with E-state index < -0.39 is 24.0 Å². The van der Waals surface area contributed by atoms with E-state index in [1.54, 1.807) is 52.3 Å². The molecule has 0 saturated heterocycles. The van der Waals surface area contributed by atoms with Crippen LogP contribution in [0.3, 0.4) is 0 Å². The molecule has 5 aromatic rings. The number of rotatable bonds is 33. The molecule has 0 aromatic carbocycles. The van der Waals surface area contributed by atoms with Crippen molar-refractivity contribution in [3.05, 3.63) is 77.4 Å². The Labute approximate surface area is 424 Å². The number of hydrogen-bond acceptors (Lipinski definition) is 13. The highest BCUT2D eigenvalue weighted by atomic mass is 16.5. The van der Waals surface area contributed by atoms with Gasteiger partial charge in [0.2, 0.25) is 11.9 Å². The number of aromatic nitrogens is 8. The van der Waals surface area contributed by atoms with Crippen LogP contribution in [-0.2, 0) is 44.8 Å². The summed E-state index contributed by atoms with van der Waals surface area (Å²) >= 11 is 0. The van der Waals surface area contributed by atoms with E-state index in [9.17, 15) is 19.2 Å². The smallest absolute Gasteiger partial charge is 0.307 e. The van der Waals surface area contributed by atoms with Gasteiger partial charge in [-0.1, -0.05) is 90.4 Å². The number of nitrogens with zero attached hydrogens (tertiary/aromatic N) is 8. The van der Waals surface area contributed by atoms with Crippen molar-refractivity contribution in [1.82, 2.24) is 53.7 Å². The summed E-state index contributed by atoms with van der Waals surface area (Å²) in [6.07, 6.45) is 28.0. The maximum atomic E-state index is 13.3. The van der Waals surface area contributed by atoms with E-state index >= 15 is 0 Å². The molecule has 11 N–H and O–H groups in total. The van der Waals surface area contributed by atoms with Crippen LogP contribution in [0.1, 0.15) is 183 Å². The second kappa shape index (κ2) is 28.6. The minimum atomic E-state index is -0.542. The van der Waals surface area contributed by atoms with Gasteiger partial charge in [0.05, 0.1) is 54.1 Å². The second-order valence-corrected chi connectivity index (χ2v) is 19.0. The van der Waals surface area contributed by atoms with Crippen LogP contribution >= 0.6 is 0 Å². The Hall–Kier alpha value is -6.45. The van der Waals surface area contributed by atoms with E-state index in [1.807, 2.05) is 48.9 Å². The Bertz CT molecular complexity index is 2500. The standard InChI is InChI=1S/C51H82N16O5/c1-8-9-10-11-12-13-14-15-16-17-18-19-20-21-37(52)41-33-66(5)50(61-41)58-35-28-44(63(2)30-35)48(70)56-26-23-39(54)42-34-67(6)51(62-42)59-36-29-43(64(3)31-36)47(69)55-25-22-38(53)40-32-65(4)46(60-40)49(71)57-27-24-45(68)72-7/h28-34,37-39H,8-27,52-54H2,1-7H3,(H,55,69)(H,56,70)(H,57,71)(H,58,61)(H,59,62). The number of hydrogen-bond donors (Lipinski definition) is 8. The van der Waals surface area contributed by atoms with E-state index in [2.05, 4.69) is 43.2 Å². The lowest BCUT2D eigenvalue weighted by Crippen LogP contribution is -2.29. The van der Waals surface area contributed by atoms with Crippen LogP contribution in [0.5, 0.6) is 0 Å². The van der Waals surface area contributed by atoms with Gasteiger partial charge < -0.3 is 71.4 Å². The molecule has 0 bridgehead atoms. The zero-order chi connectivity index (χ0) is 52.2. The van der Waals surface area contributed by atoms with E-state index in [4.69, 9.17) is 27.2 Å². The summed E-state index contributed by atoms with van der Waals surface area (Å²) in [5.74, 6) is -0.0546. The molecule has 0 radical (unpaired) electrons. The second-order valence-electron chi connectivity index (χ2n) is 19.0. The molecule has 0 aliphatic rings. The van der Waals surface area contributed by atoms with Crippen LogP contribution in [-0.4, -0.2) is 88.2 Å². The quantitative estimate of drug-likeness (QED) is 0.0166. The number of amides is 3. The molecule has 0 fully saturated rings. The third kappa shape index (κ3) is 17.1. The highest BCUT2D eigenvalue weighted by molar-refractivity contribution is 5.94. The van der Waals surface area contributed by atoms with E-state index in [-0.39, 0.29) is 43.2 Å². The zero-order valence-electron chi connectivity index (χ0n) is 43.8. The van der Waals surface area contributed by atoms with Crippen molar-refractivity contribution in [3.63, 3.8) is 0 Å². The van der Waals surface area contributed by atoms with Crippen molar-refractivity contribution >= 4 is 47.0 Å². The number of unbranched alkanes of at least 4 members (excludes halogenated alkanes) is 12. The monoisotopic (exact) mass is 999 g/mol. The Morgan fingerprint density at radius 2 is 0.917 bits per heavy atom. The van der Waals surface area contributed by atoms with Crippen molar-refractivity contribution in [1.29, 1.82) is 0 Å². The van der Waals surface area contributed by atoms with Gasteiger partial charge in [0, 0.05) is 91.9 Å². The molecule has 0 aliphatic heterocycles. The van der Waals surface area contributed by atoms with E-state index in [1.165, 1.54) is 84.2 Å². The minimum Gasteiger partial charge on any atom is -0.469 e. The first-order chi connectivity index (χ1) is 34.6. The predicted octanol–water partition coefficient (Wildman–Crippen LogP) is 6.47. The van der Waals surface area contributed by atoms with Gasteiger partial charge in [-0.2, -0.15) is 0 Å². The summed E-state index contributed by atoms with van der Waals surface area (Å²) in [7, 11) is 10.3. The van der Waals surface area contributed by atoms with Crippen molar-refractivity contribution < 1.29 is 23.9 Å². The van der Waals surface area contributed by atoms with Gasteiger partial charge in [0.25, 0.3) is 17.7 Å². The Kier molecular flexibility index (Phi) is 22.4. The average Bonchev–Trinajstić information content (AvgIpc) is 4.19. The number of carbonyl (C=O) groups excluding carboxylic acids is 4. The lowest BCUT2D eigenvalue weighted by Gasteiger charge is -2.10. The summed E-state index contributed by atoms with van der Waals surface area (Å²) in [6.45, 7) is 2.97. The number of esters is 1. The molecule has 3 atom stereocenters. The minimum absolute atomic E-state index is 0.0440. The van der Waals surface area contributed by atoms with E-state index in [0.717, 1.165) is 24.2 Å². The van der Waals surface area contributed by atoms with Gasteiger partial charge in [0.15, 0.2) is 5.82 Å². The summed E-state index contributed by atoms with van der Waals surface area (Å²) < 4.78 is 13.4. The van der Waals surface area contributed by atoms with Crippen LogP contribution < -0.4 is 43.8 Å². The SMILES string of the molecule is CCCCCCCCCCCCCCCC(N)c1cn(C)c(Nc2cc(C(=O)NCCC(N)c3cn(C)c(Nc4cc(C(=O)NCCC(N)c5cn(C)c(C(=O)NCCC(=O)OC)n5)n(C)c4)n3)n(C)c2)n1. The fourth-order valence-corrected chi connectivity index (χ4v) is 8.57. The fraction of sp³-hybridized carbons (Fsp3) is 0.588. The lowest BCUT2D eigenvalue weighted by molar-refractivity contribution is -0.140. The van der Waals surface area contributed by atoms with Crippen molar-refractivity contribution in [3.8, 4) is 0 Å². The van der Waals surface area contributed by atoms with Crippen molar-refractivity contribution in [2.75, 3.05) is 37.4 Å². The highest BCUT2D eigenvalue weighted by Gasteiger charge is 2.21. The molecule has 0 saturated carbocycles. The number of anilines is 4. The van der Waals surface area contributed by atoms with Gasteiger partial charge in [0.1, 0.15) is 11.4 Å². The third-order valence-electron chi connectivity index (χ3n) is 13.0. The number of aryl methyl sites for hydroxylation is 5. The van der Waals surface area contributed by atoms with Crippen LogP contribution in [0.25, 0.3) is 0 Å². The van der Waals surface area contributed by atoms with E-state index in [0.29, 0.717) is 59.7 Å². The summed E-state index contributed by atoms with van der Waals surface area (Å²) in [5, 5.41) is 15.2. The van der Waals surface area contributed by atoms with Crippen LogP contribution in [0.2, 0.25) is 0 Å². The molecule has 5 rings (SSSR count). The van der Waals surface area contributed by atoms with Gasteiger partial charge in [-0.3, -0.25) is 19.2 Å². The maximum Gasteiger partial charge on any atom is 0.307 e. The molecule has 21 heteroatoms. The van der Waals surface area contributed by atoms with Crippen LogP contribution in [0.15, 0.2) is 43.1 Å². The lowest BCUT2D eigenvalue weighted by atomic mass is 10.0. The zero-order valence-corrected chi connectivity index (χ0v) is 43.8. The molecule has 0 spiro atoms. The number of carbonyl (C=O) groups is 4. The first-order valence-electron chi connectivity index (χ1n) is 25.7. The molecule has 72 heavy (non-hydrogen) atoms. The molecule has 5 heterocycles. The summed E-state index contributed by atoms with van der Waals surface area (Å²) in [4.78, 5) is 64.3. The first-order valence-corrected chi connectivity index (χ1v) is 25.7. The highest BCUT2D eigenvalue weighted by Crippen LogP contribution is 2.25. The largest absolute Gasteiger partial charge is 0.469 e. The number of nitrogens with two attached hydrogens (primary N) is 3. The molecule has 21 nitrogen and oxygen atoms in total. The predicted molar refractivity (Wildman–Crippen MR) is 281 cm³/mol. The molecule has 396 valence electrons. The number of nitrogens with one attached hydrogen (secondary N) is 5. The normalized spacial score (nSPS) is 12.6. The average molecular weight is 999 g/mol. The van der Waals surface area contributed by atoms with Gasteiger partial charge in [-0.05, 0) is 31.4 Å². The van der Waals surface area contributed by atoms with Gasteiger partial charge in [-0.25, -0.2) is 15.0 Å². The molecule has 3 amide bonds. The number of ether oxygens (including phenoxy) is 1. The van der Waals surface area contributed by atoms with Crippen LogP contribution in [0.4, 0.5) is 23.3 Å². The number of imidazole rings is 3. The summed E-state index contributed by atoms with van der Waals surface area (Å²) in [6, 6.07) is 2.39. The first kappa shape index (κ1) is 56.5. The summed E-state index contributed by atoms with van der Waals surface area (Å²) in [5.41, 5.74) is 23.8. The Balaban J connectivity index is 1.00. The Morgan fingerprint density at radius 1 is 0.514 bits per heavy atom. The van der Waals surface area contributed by atoms with Gasteiger partial charge in [-0.15, -0.1) is 0 Å². The molecule has 0 aliphatic carbocycles. The third-order valence-corrected chi connectivity index (χ3v) is 13.0. The molecule has 5 aromatic heterocycles. The van der Waals surface area contributed by atoms with Crippen molar-refractivity contribution in [2.45, 2.75) is 134 Å². The number of methoxy groups -OCH3 is 1. The van der Waals surface area contributed by atoms with Gasteiger partial charge >= 0.3 is 5.97 Å². The maximum absolute atomic E-state index is 13.3.